The normalized spacial score (nSPS) is 27.3. The third-order valence-corrected chi connectivity index (χ3v) is 5.37. The third-order valence-electron chi connectivity index (χ3n) is 2.49. The number of rotatable bonds is 3. The van der Waals surface area contributed by atoms with E-state index in [0.717, 1.165) is 0 Å². The van der Waals surface area contributed by atoms with E-state index >= 15 is 0 Å². The molecule has 0 aromatic carbocycles. The molecule has 2 unspecified atom stereocenters. The van der Waals surface area contributed by atoms with E-state index in [1.807, 2.05) is 6.92 Å². The number of hydrogen-bond donors (Lipinski definition) is 0. The summed E-state index contributed by atoms with van der Waals surface area (Å²) in [5.41, 5.74) is 0. The second-order valence-electron chi connectivity index (χ2n) is 4.05. The lowest BCUT2D eigenvalue weighted by atomic mass is 10.2. The molecule has 90 valence electrons. The van der Waals surface area contributed by atoms with E-state index in [1.54, 1.807) is 6.92 Å². The molecule has 1 fully saturated rings. The molecule has 0 bridgehead atoms. The molecule has 0 N–H and O–H groups in total. The second kappa shape index (κ2) is 5.48. The summed E-state index contributed by atoms with van der Waals surface area (Å²) < 4.78 is 30.8. The van der Waals surface area contributed by atoms with Crippen molar-refractivity contribution in [3.05, 3.63) is 0 Å². The van der Waals surface area contributed by atoms with Gasteiger partial charge in [0, 0.05) is 19.0 Å². The van der Waals surface area contributed by atoms with Gasteiger partial charge in [0.15, 0.2) is 0 Å². The highest BCUT2D eigenvalue weighted by molar-refractivity contribution is 7.89. The van der Waals surface area contributed by atoms with E-state index in [-0.39, 0.29) is 11.8 Å². The summed E-state index contributed by atoms with van der Waals surface area (Å²) in [7, 11) is -3.25. The highest BCUT2D eigenvalue weighted by Gasteiger charge is 2.30. The van der Waals surface area contributed by atoms with Crippen LogP contribution in [0.4, 0.5) is 0 Å². The monoisotopic (exact) mass is 255 g/mol. The van der Waals surface area contributed by atoms with E-state index in [4.69, 9.17) is 16.3 Å². The van der Waals surface area contributed by atoms with Gasteiger partial charge in [-0.3, -0.25) is 0 Å². The van der Waals surface area contributed by atoms with Crippen molar-refractivity contribution in [2.75, 3.05) is 32.2 Å². The fourth-order valence-corrected chi connectivity index (χ4v) is 3.44. The lowest BCUT2D eigenvalue weighted by molar-refractivity contribution is 0.127. The molecule has 2 atom stereocenters. The summed E-state index contributed by atoms with van der Waals surface area (Å²) in [4.78, 5) is 0. The summed E-state index contributed by atoms with van der Waals surface area (Å²) >= 11 is 5.60. The van der Waals surface area contributed by atoms with Gasteiger partial charge in [-0.15, -0.1) is 11.6 Å². The van der Waals surface area contributed by atoms with Crippen LogP contribution in [0.2, 0.25) is 0 Å². The van der Waals surface area contributed by atoms with Crippen LogP contribution in [0.1, 0.15) is 13.8 Å². The molecule has 0 saturated carbocycles. The van der Waals surface area contributed by atoms with E-state index in [1.165, 1.54) is 4.31 Å². The molecule has 0 spiro atoms. The van der Waals surface area contributed by atoms with Crippen molar-refractivity contribution in [3.8, 4) is 0 Å². The van der Waals surface area contributed by atoms with Crippen LogP contribution >= 0.6 is 11.6 Å². The molecule has 1 aliphatic rings. The van der Waals surface area contributed by atoms with Gasteiger partial charge in [0.2, 0.25) is 10.0 Å². The number of alkyl halides is 1. The molecule has 0 aromatic heterocycles. The van der Waals surface area contributed by atoms with Crippen LogP contribution in [0.15, 0.2) is 0 Å². The summed E-state index contributed by atoms with van der Waals surface area (Å²) in [6, 6.07) is 0. The number of halogens is 1. The van der Waals surface area contributed by atoms with Gasteiger partial charge in [0.05, 0.1) is 18.5 Å². The van der Waals surface area contributed by atoms with Crippen molar-refractivity contribution in [3.63, 3.8) is 0 Å². The number of ether oxygens (including phenoxy) is 1. The number of sulfonamides is 1. The predicted molar refractivity (Wildman–Crippen MR) is 60.7 cm³/mol. The minimum atomic E-state index is -3.25. The Bertz CT molecular complexity index is 294. The smallest absolute Gasteiger partial charge is 0.217 e. The van der Waals surface area contributed by atoms with Crippen LogP contribution in [-0.4, -0.2) is 50.2 Å². The minimum absolute atomic E-state index is 0.133. The Balaban J connectivity index is 2.76. The molecule has 6 heteroatoms. The largest absolute Gasteiger partial charge is 0.380 e. The first-order chi connectivity index (χ1) is 6.98. The molecule has 0 amide bonds. The molecule has 0 aromatic rings. The number of hydrogen-bond acceptors (Lipinski definition) is 3. The zero-order chi connectivity index (χ0) is 11.5. The minimum Gasteiger partial charge on any atom is -0.380 e. The Kier molecular flexibility index (Phi) is 4.83. The van der Waals surface area contributed by atoms with Crippen LogP contribution < -0.4 is 0 Å². The van der Waals surface area contributed by atoms with Crippen molar-refractivity contribution < 1.29 is 13.2 Å². The Hall–Kier alpha value is 0.160. The lowest BCUT2D eigenvalue weighted by Crippen LogP contribution is -2.41. The lowest BCUT2D eigenvalue weighted by Gasteiger charge is -2.24. The number of nitrogens with zero attached hydrogens (tertiary/aromatic N) is 1. The van der Waals surface area contributed by atoms with Crippen molar-refractivity contribution in [2.24, 2.45) is 5.92 Å². The first-order valence-electron chi connectivity index (χ1n) is 5.11. The van der Waals surface area contributed by atoms with E-state index in [0.29, 0.717) is 26.3 Å². The third kappa shape index (κ3) is 3.31. The van der Waals surface area contributed by atoms with Gasteiger partial charge < -0.3 is 4.74 Å². The highest BCUT2D eigenvalue weighted by atomic mass is 35.5. The Morgan fingerprint density at radius 3 is 2.87 bits per heavy atom. The van der Waals surface area contributed by atoms with Gasteiger partial charge in [-0.1, -0.05) is 6.92 Å². The fraction of sp³-hybridized carbons (Fsp3) is 1.00. The quantitative estimate of drug-likeness (QED) is 0.705. The van der Waals surface area contributed by atoms with Crippen molar-refractivity contribution in [1.29, 1.82) is 0 Å². The molecule has 1 saturated heterocycles. The van der Waals surface area contributed by atoms with Crippen LogP contribution in [0.25, 0.3) is 0 Å². The van der Waals surface area contributed by atoms with E-state index in [9.17, 15) is 8.42 Å². The zero-order valence-electron chi connectivity index (χ0n) is 9.15. The van der Waals surface area contributed by atoms with Gasteiger partial charge in [0.1, 0.15) is 0 Å². The molecule has 1 rings (SSSR count). The van der Waals surface area contributed by atoms with Crippen LogP contribution in [-0.2, 0) is 14.8 Å². The molecular formula is C9H18ClNO3S. The fourth-order valence-electron chi connectivity index (χ4n) is 1.51. The highest BCUT2D eigenvalue weighted by Crippen LogP contribution is 2.15. The standard InChI is InChI=1S/C9H18ClNO3S/c1-8-6-11(3-4-14-7-8)15(12,13)9(2)5-10/h8-9H,3-7H2,1-2H3. The van der Waals surface area contributed by atoms with Gasteiger partial charge in [-0.05, 0) is 12.8 Å². The first kappa shape index (κ1) is 13.2. The van der Waals surface area contributed by atoms with E-state index in [2.05, 4.69) is 0 Å². The second-order valence-corrected chi connectivity index (χ2v) is 6.71. The van der Waals surface area contributed by atoms with Crippen LogP contribution in [0.3, 0.4) is 0 Å². The van der Waals surface area contributed by atoms with Gasteiger partial charge >= 0.3 is 0 Å². The molecule has 15 heavy (non-hydrogen) atoms. The van der Waals surface area contributed by atoms with Gasteiger partial charge in [0.25, 0.3) is 0 Å². The maximum atomic E-state index is 12.0. The maximum absolute atomic E-state index is 12.0. The topological polar surface area (TPSA) is 46.6 Å². The summed E-state index contributed by atoms with van der Waals surface area (Å²) in [5.74, 6) is 0.374. The summed E-state index contributed by atoms with van der Waals surface area (Å²) in [6.07, 6.45) is 0. The summed E-state index contributed by atoms with van der Waals surface area (Å²) in [6.45, 7) is 5.69. The molecular weight excluding hydrogens is 238 g/mol. The molecule has 4 nitrogen and oxygen atoms in total. The SMILES string of the molecule is CC1COCCN(S(=O)(=O)C(C)CCl)C1. The zero-order valence-corrected chi connectivity index (χ0v) is 10.7. The molecule has 1 heterocycles. The molecule has 1 aliphatic heterocycles. The molecule has 0 radical (unpaired) electrons. The Morgan fingerprint density at radius 1 is 1.60 bits per heavy atom. The van der Waals surface area contributed by atoms with Crippen molar-refractivity contribution >= 4 is 21.6 Å². The van der Waals surface area contributed by atoms with Crippen LogP contribution in [0.5, 0.6) is 0 Å². The Labute approximate surface area is 96.6 Å². The van der Waals surface area contributed by atoms with Gasteiger partial charge in [-0.25, -0.2) is 8.42 Å². The van der Waals surface area contributed by atoms with E-state index < -0.39 is 15.3 Å². The van der Waals surface area contributed by atoms with Crippen LogP contribution in [0, 0.1) is 5.92 Å². The summed E-state index contributed by atoms with van der Waals surface area (Å²) in [5, 5.41) is -0.524. The van der Waals surface area contributed by atoms with Crippen molar-refractivity contribution in [1.82, 2.24) is 4.31 Å². The Morgan fingerprint density at radius 2 is 2.27 bits per heavy atom. The molecule has 0 aliphatic carbocycles. The average molecular weight is 256 g/mol. The average Bonchev–Trinajstić information content (AvgIpc) is 2.41. The maximum Gasteiger partial charge on any atom is 0.217 e. The first-order valence-corrected chi connectivity index (χ1v) is 7.15. The van der Waals surface area contributed by atoms with Gasteiger partial charge in [-0.2, -0.15) is 4.31 Å². The van der Waals surface area contributed by atoms with Crippen molar-refractivity contribution in [2.45, 2.75) is 19.1 Å². The predicted octanol–water partition coefficient (Wildman–Crippen LogP) is 0.912.